The number of benzene rings is 2. The van der Waals surface area contributed by atoms with Gasteiger partial charge in [0.05, 0.1) is 6.42 Å². The molecule has 2 rings (SSSR count). The van der Waals surface area contributed by atoms with E-state index in [9.17, 15) is 9.18 Å². The van der Waals surface area contributed by atoms with E-state index < -0.39 is 0 Å². The van der Waals surface area contributed by atoms with Crippen LogP contribution in [0.25, 0.3) is 0 Å². The number of halogens is 1. The van der Waals surface area contributed by atoms with Crippen LogP contribution in [0.4, 0.5) is 10.1 Å². The molecule has 1 N–H and O–H groups in total. The topological polar surface area (TPSA) is 29.1 Å². The van der Waals surface area contributed by atoms with E-state index in [0.29, 0.717) is 12.1 Å². The molecule has 0 heterocycles. The Morgan fingerprint density at radius 1 is 1.11 bits per heavy atom. The zero-order chi connectivity index (χ0) is 13.0. The van der Waals surface area contributed by atoms with Crippen molar-refractivity contribution >= 4 is 11.6 Å². The lowest BCUT2D eigenvalue weighted by Crippen LogP contribution is -2.14. The molecule has 0 unspecified atom stereocenters. The van der Waals surface area contributed by atoms with E-state index in [0.717, 1.165) is 11.1 Å². The smallest absolute Gasteiger partial charge is 0.228 e. The Balaban J connectivity index is 2.01. The minimum Gasteiger partial charge on any atom is -0.326 e. The molecule has 3 heteroatoms. The highest BCUT2D eigenvalue weighted by atomic mass is 19.1. The maximum absolute atomic E-state index is 12.7. The number of rotatable bonds is 3. The maximum atomic E-state index is 12.7. The van der Waals surface area contributed by atoms with Crippen LogP contribution < -0.4 is 5.32 Å². The van der Waals surface area contributed by atoms with E-state index in [2.05, 4.69) is 5.32 Å². The summed E-state index contributed by atoms with van der Waals surface area (Å²) in [4.78, 5) is 11.8. The normalized spacial score (nSPS) is 10.1. The molecule has 0 aliphatic heterocycles. The van der Waals surface area contributed by atoms with Gasteiger partial charge in [-0.2, -0.15) is 0 Å². The number of hydrogen-bond donors (Lipinski definition) is 1. The molecule has 0 saturated heterocycles. The van der Waals surface area contributed by atoms with Crippen molar-refractivity contribution in [2.24, 2.45) is 0 Å². The van der Waals surface area contributed by atoms with Gasteiger partial charge in [0.2, 0.25) is 5.91 Å². The first-order valence-corrected chi connectivity index (χ1v) is 5.75. The number of hydrogen-bond acceptors (Lipinski definition) is 1. The molecule has 2 aromatic carbocycles. The van der Waals surface area contributed by atoms with Crippen LogP contribution in [0.3, 0.4) is 0 Å². The summed E-state index contributed by atoms with van der Waals surface area (Å²) in [6.45, 7) is 1.97. The van der Waals surface area contributed by atoms with Gasteiger partial charge in [-0.05, 0) is 42.3 Å². The predicted octanol–water partition coefficient (Wildman–Crippen LogP) is 3.32. The number of nitrogens with one attached hydrogen (secondary N) is 1. The number of carbonyl (C=O) groups is 1. The fourth-order valence-corrected chi connectivity index (χ4v) is 1.72. The number of aryl methyl sites for hydroxylation is 1. The Morgan fingerprint density at radius 2 is 1.78 bits per heavy atom. The fourth-order valence-electron chi connectivity index (χ4n) is 1.72. The highest BCUT2D eigenvalue weighted by Gasteiger charge is 2.05. The van der Waals surface area contributed by atoms with Gasteiger partial charge >= 0.3 is 0 Å². The first kappa shape index (κ1) is 12.3. The third-order valence-electron chi connectivity index (χ3n) is 2.74. The lowest BCUT2D eigenvalue weighted by Gasteiger charge is -2.07. The molecule has 1 amide bonds. The van der Waals surface area contributed by atoms with Crippen molar-refractivity contribution in [2.75, 3.05) is 5.32 Å². The monoisotopic (exact) mass is 243 g/mol. The van der Waals surface area contributed by atoms with Crippen LogP contribution in [-0.4, -0.2) is 5.91 Å². The Kier molecular flexibility index (Phi) is 3.72. The largest absolute Gasteiger partial charge is 0.326 e. The van der Waals surface area contributed by atoms with Gasteiger partial charge in [0, 0.05) is 5.69 Å². The maximum Gasteiger partial charge on any atom is 0.228 e. The fraction of sp³-hybridized carbons (Fsp3) is 0.133. The van der Waals surface area contributed by atoms with Crippen molar-refractivity contribution in [3.63, 3.8) is 0 Å². The molecule has 0 fully saturated rings. The second-order valence-corrected chi connectivity index (χ2v) is 4.16. The standard InChI is InChI=1S/C15H14FNO/c1-11-4-2-3-5-12(11)10-15(18)17-14-8-6-13(16)7-9-14/h2-9H,10H2,1H3,(H,17,18). The van der Waals surface area contributed by atoms with Crippen LogP contribution in [-0.2, 0) is 11.2 Å². The summed E-state index contributed by atoms with van der Waals surface area (Å²) in [6.07, 6.45) is 0.323. The van der Waals surface area contributed by atoms with Crippen molar-refractivity contribution < 1.29 is 9.18 Å². The molecule has 2 nitrogen and oxygen atoms in total. The zero-order valence-electron chi connectivity index (χ0n) is 10.1. The molecule has 0 aliphatic rings. The molecular weight excluding hydrogens is 229 g/mol. The van der Waals surface area contributed by atoms with Crippen LogP contribution in [0.1, 0.15) is 11.1 Å². The first-order valence-electron chi connectivity index (χ1n) is 5.75. The van der Waals surface area contributed by atoms with Gasteiger partial charge in [-0.3, -0.25) is 4.79 Å². The molecule has 0 radical (unpaired) electrons. The molecule has 92 valence electrons. The average molecular weight is 243 g/mol. The van der Waals surface area contributed by atoms with Crippen molar-refractivity contribution in [2.45, 2.75) is 13.3 Å². The summed E-state index contributed by atoms with van der Waals surface area (Å²) < 4.78 is 12.7. The second kappa shape index (κ2) is 5.45. The van der Waals surface area contributed by atoms with Crippen LogP contribution in [0.2, 0.25) is 0 Å². The lowest BCUT2D eigenvalue weighted by molar-refractivity contribution is -0.115. The molecule has 2 aromatic rings. The van der Waals surface area contributed by atoms with Crippen LogP contribution in [0.5, 0.6) is 0 Å². The Labute approximate surface area is 105 Å². The molecule has 0 atom stereocenters. The average Bonchev–Trinajstić information content (AvgIpc) is 2.35. The van der Waals surface area contributed by atoms with Gasteiger partial charge in [0.25, 0.3) is 0 Å². The molecule has 0 spiro atoms. The number of anilines is 1. The summed E-state index contributed by atoms with van der Waals surface area (Å²) in [5.74, 6) is -0.414. The van der Waals surface area contributed by atoms with E-state index in [-0.39, 0.29) is 11.7 Å². The van der Waals surface area contributed by atoms with Crippen molar-refractivity contribution in [3.05, 3.63) is 65.5 Å². The van der Waals surface area contributed by atoms with Crippen LogP contribution >= 0.6 is 0 Å². The molecule has 0 bridgehead atoms. The van der Waals surface area contributed by atoms with E-state index in [1.165, 1.54) is 12.1 Å². The van der Waals surface area contributed by atoms with Crippen LogP contribution in [0.15, 0.2) is 48.5 Å². The minimum absolute atomic E-state index is 0.101. The van der Waals surface area contributed by atoms with Gasteiger partial charge in [0.15, 0.2) is 0 Å². The molecule has 0 saturated carbocycles. The van der Waals surface area contributed by atoms with E-state index in [1.807, 2.05) is 31.2 Å². The highest BCUT2D eigenvalue weighted by molar-refractivity contribution is 5.92. The van der Waals surface area contributed by atoms with Gasteiger partial charge < -0.3 is 5.32 Å². The third-order valence-corrected chi connectivity index (χ3v) is 2.74. The highest BCUT2D eigenvalue weighted by Crippen LogP contribution is 2.11. The molecule has 0 aromatic heterocycles. The second-order valence-electron chi connectivity index (χ2n) is 4.16. The minimum atomic E-state index is -0.313. The van der Waals surface area contributed by atoms with Crippen LogP contribution in [0, 0.1) is 12.7 Å². The molecule has 18 heavy (non-hydrogen) atoms. The SMILES string of the molecule is Cc1ccccc1CC(=O)Nc1ccc(F)cc1. The first-order chi connectivity index (χ1) is 8.65. The van der Waals surface area contributed by atoms with E-state index in [1.54, 1.807) is 12.1 Å². The van der Waals surface area contributed by atoms with Crippen molar-refractivity contribution in [1.29, 1.82) is 0 Å². The summed E-state index contributed by atoms with van der Waals surface area (Å²) in [7, 11) is 0. The third kappa shape index (κ3) is 3.17. The molecule has 0 aliphatic carbocycles. The van der Waals surface area contributed by atoms with E-state index >= 15 is 0 Å². The quantitative estimate of drug-likeness (QED) is 0.880. The summed E-state index contributed by atoms with van der Waals surface area (Å²) in [6, 6.07) is 13.5. The summed E-state index contributed by atoms with van der Waals surface area (Å²) >= 11 is 0. The van der Waals surface area contributed by atoms with Gasteiger partial charge in [0.1, 0.15) is 5.82 Å². The summed E-state index contributed by atoms with van der Waals surface area (Å²) in [5, 5.41) is 2.74. The Hall–Kier alpha value is -2.16. The number of amides is 1. The van der Waals surface area contributed by atoms with Crippen molar-refractivity contribution in [3.8, 4) is 0 Å². The van der Waals surface area contributed by atoms with E-state index in [4.69, 9.17) is 0 Å². The van der Waals surface area contributed by atoms with Gasteiger partial charge in [-0.1, -0.05) is 24.3 Å². The Bertz CT molecular complexity index is 549. The molecular formula is C15H14FNO. The predicted molar refractivity (Wildman–Crippen MR) is 69.9 cm³/mol. The summed E-state index contributed by atoms with van der Waals surface area (Å²) in [5.41, 5.74) is 2.69. The Morgan fingerprint density at radius 3 is 2.44 bits per heavy atom. The zero-order valence-corrected chi connectivity index (χ0v) is 10.1. The van der Waals surface area contributed by atoms with Gasteiger partial charge in [-0.15, -0.1) is 0 Å². The van der Waals surface area contributed by atoms with Gasteiger partial charge in [-0.25, -0.2) is 4.39 Å². The number of carbonyl (C=O) groups excluding carboxylic acids is 1. The van der Waals surface area contributed by atoms with Crippen molar-refractivity contribution in [1.82, 2.24) is 0 Å². The lowest BCUT2D eigenvalue weighted by atomic mass is 10.1.